The van der Waals surface area contributed by atoms with Gasteiger partial charge in [0.15, 0.2) is 11.6 Å². The van der Waals surface area contributed by atoms with Crippen LogP contribution in [0.4, 0.5) is 0 Å². The van der Waals surface area contributed by atoms with Gasteiger partial charge in [-0.3, -0.25) is 9.59 Å². The molecule has 0 heterocycles. The molecule has 0 fully saturated rings. The Labute approximate surface area is 118 Å². The molecule has 0 aromatic carbocycles. The molecule has 0 aliphatic carbocycles. The van der Waals surface area contributed by atoms with Crippen molar-refractivity contribution in [3.05, 3.63) is 23.3 Å². The van der Waals surface area contributed by atoms with Crippen molar-refractivity contribution in [3.8, 4) is 12.1 Å². The summed E-state index contributed by atoms with van der Waals surface area (Å²) in [5, 5.41) is 17.1. The van der Waals surface area contributed by atoms with Gasteiger partial charge < -0.3 is 0 Å². The van der Waals surface area contributed by atoms with Crippen LogP contribution in [-0.2, 0) is 9.59 Å². The third-order valence-electron chi connectivity index (χ3n) is 2.56. The molecule has 0 spiro atoms. The highest BCUT2D eigenvalue weighted by atomic mass is 32.1. The third-order valence-corrected chi connectivity index (χ3v) is 2.80. The summed E-state index contributed by atoms with van der Waals surface area (Å²) in [5.41, 5.74) is 0.0921. The smallest absolute Gasteiger partial charge is 0.185 e. The van der Waals surface area contributed by atoms with Crippen molar-refractivity contribution in [2.75, 3.05) is 0 Å². The normalized spacial score (nSPS) is 15.1. The molecule has 0 aromatic heterocycles. The maximum absolute atomic E-state index is 11.8. The minimum Gasteiger partial charge on any atom is -0.293 e. The predicted octanol–water partition coefficient (Wildman–Crippen LogP) is 2.39. The second kappa shape index (κ2) is 8.29. The van der Waals surface area contributed by atoms with Gasteiger partial charge in [0.25, 0.3) is 0 Å². The zero-order valence-corrected chi connectivity index (χ0v) is 12.1. The number of ketones is 2. The van der Waals surface area contributed by atoms with E-state index in [4.69, 9.17) is 10.5 Å². The molecule has 2 atom stereocenters. The lowest BCUT2D eigenvalue weighted by atomic mass is 9.95. The van der Waals surface area contributed by atoms with Crippen molar-refractivity contribution in [2.24, 2.45) is 5.92 Å². The summed E-state index contributed by atoms with van der Waals surface area (Å²) in [6.45, 7) is 4.86. The van der Waals surface area contributed by atoms with Gasteiger partial charge in [-0.05, 0) is 20.3 Å². The van der Waals surface area contributed by atoms with Crippen molar-refractivity contribution < 1.29 is 9.59 Å². The van der Waals surface area contributed by atoms with Gasteiger partial charge in [-0.25, -0.2) is 0 Å². The van der Waals surface area contributed by atoms with Crippen molar-refractivity contribution in [3.63, 3.8) is 0 Å². The SMILES string of the molecule is C/C=C(\C#N)C(=O)C(C)C/C=C(\C#N)C(=O)C(C)S. The molecular weight excluding hydrogens is 260 g/mol. The topological polar surface area (TPSA) is 81.7 Å². The van der Waals surface area contributed by atoms with E-state index < -0.39 is 11.2 Å². The number of rotatable bonds is 6. The molecule has 0 aliphatic rings. The Morgan fingerprint density at radius 3 is 2.05 bits per heavy atom. The van der Waals surface area contributed by atoms with Crippen molar-refractivity contribution in [2.45, 2.75) is 32.4 Å². The quantitative estimate of drug-likeness (QED) is 0.459. The highest BCUT2D eigenvalue weighted by molar-refractivity contribution is 7.81. The molecular formula is C14H16N2O2S. The Kier molecular flexibility index (Phi) is 7.48. The standard InChI is InChI=1S/C14H16N2O2S/c1-4-11(7-15)13(17)9(2)5-6-12(8-16)14(18)10(3)19/h4,6,9-10,19H,5H2,1-3H3/b11-4+,12-6+. The van der Waals surface area contributed by atoms with Crippen LogP contribution < -0.4 is 0 Å². The maximum Gasteiger partial charge on any atom is 0.185 e. The van der Waals surface area contributed by atoms with Crippen LogP contribution in [0.15, 0.2) is 23.3 Å². The fourth-order valence-electron chi connectivity index (χ4n) is 1.36. The molecule has 0 aromatic rings. The van der Waals surface area contributed by atoms with Gasteiger partial charge in [0.2, 0.25) is 0 Å². The molecule has 0 amide bonds. The van der Waals surface area contributed by atoms with E-state index in [0.717, 1.165) is 0 Å². The molecule has 0 radical (unpaired) electrons. The zero-order chi connectivity index (χ0) is 15.0. The monoisotopic (exact) mass is 276 g/mol. The summed E-state index contributed by atoms with van der Waals surface area (Å²) in [7, 11) is 0. The van der Waals surface area contributed by atoms with Crippen molar-refractivity contribution >= 4 is 24.2 Å². The Balaban J connectivity index is 4.89. The number of hydrogen-bond donors (Lipinski definition) is 1. The molecule has 2 unspecified atom stereocenters. The first kappa shape index (κ1) is 17.2. The second-order valence-corrected chi connectivity index (χ2v) is 4.86. The lowest BCUT2D eigenvalue weighted by Gasteiger charge is -2.07. The molecule has 0 saturated heterocycles. The van der Waals surface area contributed by atoms with E-state index in [1.165, 1.54) is 12.2 Å². The largest absolute Gasteiger partial charge is 0.293 e. The van der Waals surface area contributed by atoms with Gasteiger partial charge in [0.05, 0.1) is 16.4 Å². The molecule has 0 rings (SSSR count). The Bertz CT molecular complexity index is 505. The van der Waals surface area contributed by atoms with Gasteiger partial charge in [0, 0.05) is 5.92 Å². The van der Waals surface area contributed by atoms with E-state index in [9.17, 15) is 9.59 Å². The predicted molar refractivity (Wildman–Crippen MR) is 75.3 cm³/mol. The van der Waals surface area contributed by atoms with Gasteiger partial charge >= 0.3 is 0 Å². The minimum atomic E-state index is -0.554. The fourth-order valence-corrected chi connectivity index (χ4v) is 1.49. The summed E-state index contributed by atoms with van der Waals surface area (Å²) < 4.78 is 0. The molecule has 5 heteroatoms. The lowest BCUT2D eigenvalue weighted by molar-refractivity contribution is -0.118. The highest BCUT2D eigenvalue weighted by Gasteiger charge is 2.18. The first-order valence-electron chi connectivity index (χ1n) is 5.82. The first-order valence-corrected chi connectivity index (χ1v) is 6.33. The maximum atomic E-state index is 11.8. The summed E-state index contributed by atoms with van der Waals surface area (Å²) in [6, 6.07) is 3.63. The highest BCUT2D eigenvalue weighted by Crippen LogP contribution is 2.14. The van der Waals surface area contributed by atoms with E-state index in [1.54, 1.807) is 26.8 Å². The number of allylic oxidation sites excluding steroid dienone is 4. The number of nitriles is 2. The van der Waals surface area contributed by atoms with Crippen LogP contribution in [0, 0.1) is 28.6 Å². The average molecular weight is 276 g/mol. The van der Waals surface area contributed by atoms with Crippen molar-refractivity contribution in [1.82, 2.24) is 0 Å². The van der Waals surface area contributed by atoms with Crippen LogP contribution in [0.25, 0.3) is 0 Å². The molecule has 0 aliphatic heterocycles. The van der Waals surface area contributed by atoms with Crippen LogP contribution in [0.2, 0.25) is 0 Å². The van der Waals surface area contributed by atoms with E-state index in [1.807, 2.05) is 6.07 Å². The molecule has 0 bridgehead atoms. The Morgan fingerprint density at radius 1 is 1.16 bits per heavy atom. The summed E-state index contributed by atoms with van der Waals surface area (Å²) in [4.78, 5) is 23.4. The van der Waals surface area contributed by atoms with Crippen LogP contribution in [0.1, 0.15) is 27.2 Å². The van der Waals surface area contributed by atoms with Crippen LogP contribution in [0.3, 0.4) is 0 Å². The number of thiol groups is 1. The molecule has 4 nitrogen and oxygen atoms in total. The molecule has 19 heavy (non-hydrogen) atoms. The number of carbonyl (C=O) groups excluding carboxylic acids is 2. The van der Waals surface area contributed by atoms with Crippen LogP contribution in [-0.4, -0.2) is 16.8 Å². The van der Waals surface area contributed by atoms with Gasteiger partial charge in [-0.2, -0.15) is 23.2 Å². The van der Waals surface area contributed by atoms with Gasteiger partial charge in [-0.15, -0.1) is 0 Å². The van der Waals surface area contributed by atoms with Gasteiger partial charge in [0.1, 0.15) is 12.1 Å². The molecule has 100 valence electrons. The van der Waals surface area contributed by atoms with Gasteiger partial charge in [-0.1, -0.05) is 19.1 Å². The van der Waals surface area contributed by atoms with E-state index in [0.29, 0.717) is 0 Å². The Hall–Kier alpha value is -1.85. The minimum absolute atomic E-state index is 0.00105. The zero-order valence-electron chi connectivity index (χ0n) is 11.2. The van der Waals surface area contributed by atoms with Crippen molar-refractivity contribution in [1.29, 1.82) is 10.5 Å². The summed E-state index contributed by atoms with van der Waals surface area (Å²) in [5.74, 6) is -1.10. The van der Waals surface area contributed by atoms with Crippen LogP contribution in [0.5, 0.6) is 0 Å². The van der Waals surface area contributed by atoms with Crippen LogP contribution >= 0.6 is 12.6 Å². The second-order valence-electron chi connectivity index (χ2n) is 4.08. The lowest BCUT2D eigenvalue weighted by Crippen LogP contribution is -2.15. The summed E-state index contributed by atoms with van der Waals surface area (Å²) >= 11 is 3.97. The first-order chi connectivity index (χ1) is 8.88. The van der Waals surface area contributed by atoms with E-state index in [2.05, 4.69) is 12.6 Å². The average Bonchev–Trinajstić information content (AvgIpc) is 2.39. The fraction of sp³-hybridized carbons (Fsp3) is 0.429. The summed E-state index contributed by atoms with van der Waals surface area (Å²) in [6.07, 6.45) is 3.13. The molecule has 0 saturated carbocycles. The number of hydrogen-bond acceptors (Lipinski definition) is 5. The third kappa shape index (κ3) is 5.11. The van der Waals surface area contributed by atoms with E-state index >= 15 is 0 Å². The van der Waals surface area contributed by atoms with E-state index in [-0.39, 0.29) is 29.1 Å². The Morgan fingerprint density at radius 2 is 1.68 bits per heavy atom. The number of Topliss-reactive ketones (excluding diaryl/α,β-unsaturated/α-hetero) is 2. The molecule has 0 N–H and O–H groups in total. The number of carbonyl (C=O) groups is 2. The number of nitrogens with zero attached hydrogens (tertiary/aromatic N) is 2.